The molecule has 1 unspecified atom stereocenters. The summed E-state index contributed by atoms with van der Waals surface area (Å²) in [5.74, 6) is 0.107. The second-order valence-electron chi connectivity index (χ2n) is 5.92. The highest BCUT2D eigenvalue weighted by molar-refractivity contribution is 5.88. The van der Waals surface area contributed by atoms with Crippen LogP contribution in [0, 0.1) is 0 Å². The Labute approximate surface area is 109 Å². The highest BCUT2D eigenvalue weighted by Gasteiger charge is 2.35. The van der Waals surface area contributed by atoms with Crippen molar-refractivity contribution in [1.29, 1.82) is 0 Å². The molecule has 1 aliphatic heterocycles. The molecule has 0 aromatic carbocycles. The molecule has 0 aromatic rings. The van der Waals surface area contributed by atoms with Crippen LogP contribution in [0.5, 0.6) is 0 Å². The summed E-state index contributed by atoms with van der Waals surface area (Å²) in [6, 6.07) is -0.397. The highest BCUT2D eigenvalue weighted by atomic mass is 16.6. The van der Waals surface area contributed by atoms with E-state index in [1.165, 1.54) is 0 Å². The van der Waals surface area contributed by atoms with Gasteiger partial charge in [-0.25, -0.2) is 4.79 Å². The van der Waals surface area contributed by atoms with E-state index < -0.39 is 17.7 Å². The van der Waals surface area contributed by atoms with Crippen molar-refractivity contribution in [2.75, 3.05) is 6.54 Å². The van der Waals surface area contributed by atoms with Crippen molar-refractivity contribution in [3.05, 3.63) is 12.2 Å². The van der Waals surface area contributed by atoms with E-state index in [0.29, 0.717) is 25.8 Å². The van der Waals surface area contributed by atoms with Gasteiger partial charge in [-0.15, -0.1) is 6.58 Å². The number of nitrogens with zero attached hydrogens (tertiary/aromatic N) is 1. The molecule has 1 heterocycles. The highest BCUT2D eigenvalue weighted by Crippen LogP contribution is 2.22. The normalized spacial score (nSPS) is 20.8. The molecule has 18 heavy (non-hydrogen) atoms. The number of ether oxygens (including phenoxy) is 1. The van der Waals surface area contributed by atoms with E-state index in [9.17, 15) is 9.59 Å². The first-order valence-electron chi connectivity index (χ1n) is 6.37. The summed E-state index contributed by atoms with van der Waals surface area (Å²) < 4.78 is 5.34. The Bertz CT molecular complexity index is 355. The standard InChI is InChI=1S/C14H23NO3/c1-10(2)9-11-12(16)7-6-8-15(11)13(17)18-14(3,4)5/h11H,1,6-9H2,2-5H3. The van der Waals surface area contributed by atoms with E-state index in [1.807, 2.05) is 27.7 Å². The predicted molar refractivity (Wildman–Crippen MR) is 70.4 cm³/mol. The molecule has 1 atom stereocenters. The maximum atomic E-state index is 12.1. The van der Waals surface area contributed by atoms with Crippen LogP contribution in [0.4, 0.5) is 4.79 Å². The minimum Gasteiger partial charge on any atom is -0.444 e. The smallest absolute Gasteiger partial charge is 0.410 e. The number of carbonyl (C=O) groups excluding carboxylic acids is 2. The maximum absolute atomic E-state index is 12.1. The lowest BCUT2D eigenvalue weighted by Gasteiger charge is -2.35. The van der Waals surface area contributed by atoms with Crippen LogP contribution in [0.3, 0.4) is 0 Å². The lowest BCUT2D eigenvalue weighted by molar-refractivity contribution is -0.126. The lowest BCUT2D eigenvalue weighted by atomic mass is 9.96. The molecule has 1 rings (SSSR count). The van der Waals surface area contributed by atoms with Gasteiger partial charge in [0.05, 0.1) is 6.04 Å². The zero-order valence-corrected chi connectivity index (χ0v) is 11.8. The predicted octanol–water partition coefficient (Wildman–Crippen LogP) is 2.92. The minimum atomic E-state index is -0.536. The van der Waals surface area contributed by atoms with Crippen molar-refractivity contribution in [3.63, 3.8) is 0 Å². The second kappa shape index (κ2) is 5.55. The van der Waals surface area contributed by atoms with E-state index in [0.717, 1.165) is 5.57 Å². The van der Waals surface area contributed by atoms with Crippen molar-refractivity contribution in [3.8, 4) is 0 Å². The van der Waals surface area contributed by atoms with Gasteiger partial charge in [-0.05, 0) is 40.5 Å². The summed E-state index contributed by atoms with van der Waals surface area (Å²) in [6.07, 6.45) is 1.38. The topological polar surface area (TPSA) is 46.6 Å². The number of hydrogen-bond acceptors (Lipinski definition) is 3. The molecule has 0 spiro atoms. The largest absolute Gasteiger partial charge is 0.444 e. The number of ketones is 1. The molecule has 0 aliphatic carbocycles. The summed E-state index contributed by atoms with van der Waals surface area (Å²) in [4.78, 5) is 25.5. The summed E-state index contributed by atoms with van der Waals surface area (Å²) >= 11 is 0. The van der Waals surface area contributed by atoms with Crippen molar-refractivity contribution in [1.82, 2.24) is 4.90 Å². The molecule has 1 aliphatic rings. The molecular weight excluding hydrogens is 230 g/mol. The summed E-state index contributed by atoms with van der Waals surface area (Å²) in [6.45, 7) is 11.7. The lowest BCUT2D eigenvalue weighted by Crippen LogP contribution is -2.50. The summed E-state index contributed by atoms with van der Waals surface area (Å²) in [5.41, 5.74) is 0.370. The maximum Gasteiger partial charge on any atom is 0.410 e. The Morgan fingerprint density at radius 3 is 2.61 bits per heavy atom. The molecular formula is C14H23NO3. The number of rotatable bonds is 2. The fraction of sp³-hybridized carbons (Fsp3) is 0.714. The first-order chi connectivity index (χ1) is 8.20. The van der Waals surface area contributed by atoms with Crippen LogP contribution < -0.4 is 0 Å². The first kappa shape index (κ1) is 14.7. The van der Waals surface area contributed by atoms with Gasteiger partial charge in [-0.2, -0.15) is 0 Å². The van der Waals surface area contributed by atoms with Crippen LogP contribution in [0.1, 0.15) is 47.0 Å². The zero-order chi connectivity index (χ0) is 13.9. The molecule has 1 amide bonds. The molecule has 4 nitrogen and oxygen atoms in total. The molecule has 102 valence electrons. The average molecular weight is 253 g/mol. The molecule has 0 aromatic heterocycles. The van der Waals surface area contributed by atoms with Gasteiger partial charge in [-0.1, -0.05) is 5.57 Å². The fourth-order valence-electron chi connectivity index (χ4n) is 2.01. The molecule has 1 fully saturated rings. The van der Waals surface area contributed by atoms with Crippen molar-refractivity contribution < 1.29 is 14.3 Å². The third-order valence-electron chi connectivity index (χ3n) is 2.74. The molecule has 0 radical (unpaired) electrons. The van der Waals surface area contributed by atoms with Crippen LogP contribution in [0.25, 0.3) is 0 Å². The number of likely N-dealkylation sites (tertiary alicyclic amines) is 1. The van der Waals surface area contributed by atoms with E-state index in [1.54, 1.807) is 4.90 Å². The van der Waals surface area contributed by atoms with Crippen LogP contribution >= 0.6 is 0 Å². The van der Waals surface area contributed by atoms with Crippen LogP contribution in [0.2, 0.25) is 0 Å². The van der Waals surface area contributed by atoms with Crippen molar-refractivity contribution in [2.24, 2.45) is 0 Å². The summed E-state index contributed by atoms with van der Waals surface area (Å²) in [7, 11) is 0. The second-order valence-corrected chi connectivity index (χ2v) is 5.92. The summed E-state index contributed by atoms with van der Waals surface area (Å²) in [5, 5.41) is 0. The van der Waals surface area contributed by atoms with Crippen molar-refractivity contribution >= 4 is 11.9 Å². The molecule has 0 bridgehead atoms. The Balaban J connectivity index is 2.79. The Hall–Kier alpha value is -1.32. The third-order valence-corrected chi connectivity index (χ3v) is 2.74. The van der Waals surface area contributed by atoms with E-state index in [4.69, 9.17) is 4.74 Å². The quantitative estimate of drug-likeness (QED) is 0.711. The SMILES string of the molecule is C=C(C)CC1C(=O)CCCN1C(=O)OC(C)(C)C. The zero-order valence-electron chi connectivity index (χ0n) is 11.8. The van der Waals surface area contributed by atoms with Crippen LogP contribution in [0.15, 0.2) is 12.2 Å². The number of carbonyl (C=O) groups is 2. The van der Waals surface area contributed by atoms with E-state index in [2.05, 4.69) is 6.58 Å². The monoisotopic (exact) mass is 253 g/mol. The van der Waals surface area contributed by atoms with Crippen molar-refractivity contribution in [2.45, 2.75) is 58.6 Å². The van der Waals surface area contributed by atoms with Gasteiger partial charge < -0.3 is 4.74 Å². The number of piperidine rings is 1. The van der Waals surface area contributed by atoms with Gasteiger partial charge in [0.2, 0.25) is 0 Å². The van der Waals surface area contributed by atoms with Gasteiger partial charge in [-0.3, -0.25) is 9.69 Å². The van der Waals surface area contributed by atoms with Crippen LogP contribution in [-0.4, -0.2) is 35.0 Å². The first-order valence-corrected chi connectivity index (χ1v) is 6.37. The van der Waals surface area contributed by atoms with E-state index in [-0.39, 0.29) is 5.78 Å². The minimum absolute atomic E-state index is 0.107. The number of amides is 1. The van der Waals surface area contributed by atoms with Gasteiger partial charge in [0.25, 0.3) is 0 Å². The Morgan fingerprint density at radius 2 is 2.11 bits per heavy atom. The van der Waals surface area contributed by atoms with Crippen LogP contribution in [-0.2, 0) is 9.53 Å². The molecule has 1 saturated heterocycles. The average Bonchev–Trinajstić information content (AvgIpc) is 2.17. The number of Topliss-reactive ketones (excluding diaryl/α,β-unsaturated/α-hetero) is 1. The Morgan fingerprint density at radius 1 is 1.50 bits per heavy atom. The van der Waals surface area contributed by atoms with Gasteiger partial charge >= 0.3 is 6.09 Å². The molecule has 0 saturated carbocycles. The molecule has 0 N–H and O–H groups in total. The number of hydrogen-bond donors (Lipinski definition) is 0. The third kappa shape index (κ3) is 4.17. The van der Waals surface area contributed by atoms with Gasteiger partial charge in [0, 0.05) is 13.0 Å². The van der Waals surface area contributed by atoms with Gasteiger partial charge in [0.15, 0.2) is 5.78 Å². The molecule has 4 heteroatoms. The van der Waals surface area contributed by atoms with E-state index >= 15 is 0 Å². The fourth-order valence-corrected chi connectivity index (χ4v) is 2.01. The van der Waals surface area contributed by atoms with Gasteiger partial charge in [0.1, 0.15) is 5.60 Å². The Kier molecular flexibility index (Phi) is 4.54.